The van der Waals surface area contributed by atoms with E-state index in [9.17, 15) is 9.18 Å². The molecule has 2 aliphatic rings. The third-order valence-electron chi connectivity index (χ3n) is 5.68. The second kappa shape index (κ2) is 9.62. The molecule has 2 heterocycles. The monoisotopic (exact) mass is 443 g/mol. The summed E-state index contributed by atoms with van der Waals surface area (Å²) < 4.78 is 25.8. The van der Waals surface area contributed by atoms with Gasteiger partial charge in [-0.15, -0.1) is 0 Å². The van der Waals surface area contributed by atoms with Crippen molar-refractivity contribution in [3.63, 3.8) is 0 Å². The van der Waals surface area contributed by atoms with Crippen LogP contribution in [0.15, 0.2) is 42.5 Å². The Labute approximate surface area is 186 Å². The van der Waals surface area contributed by atoms with Crippen molar-refractivity contribution in [1.82, 2.24) is 10.2 Å². The van der Waals surface area contributed by atoms with Gasteiger partial charge in [-0.1, -0.05) is 18.2 Å². The van der Waals surface area contributed by atoms with Gasteiger partial charge < -0.3 is 19.7 Å². The topological polar surface area (TPSA) is 62.8 Å². The molecule has 0 aromatic heterocycles. The fraction of sp³-hybridized carbons (Fsp3) is 0.391. The molecular weight excluding hydrogens is 417 g/mol. The van der Waals surface area contributed by atoms with Gasteiger partial charge in [0.05, 0.1) is 6.61 Å². The first-order valence-electron chi connectivity index (χ1n) is 10.5. The fourth-order valence-electron chi connectivity index (χ4n) is 3.82. The molecule has 0 saturated carbocycles. The summed E-state index contributed by atoms with van der Waals surface area (Å²) in [4.78, 5) is 14.7. The number of hydrogen-bond acceptors (Lipinski definition) is 5. The Hall–Kier alpha value is -2.71. The van der Waals surface area contributed by atoms with Crippen LogP contribution in [-0.4, -0.2) is 48.8 Å². The number of nitrogens with zero attached hydrogens (tertiary/aromatic N) is 1. The van der Waals surface area contributed by atoms with Gasteiger partial charge in [0, 0.05) is 18.2 Å². The van der Waals surface area contributed by atoms with Crippen molar-refractivity contribution >= 4 is 28.9 Å². The van der Waals surface area contributed by atoms with Crippen molar-refractivity contribution in [2.75, 3.05) is 32.1 Å². The van der Waals surface area contributed by atoms with Gasteiger partial charge in [-0.25, -0.2) is 4.39 Å². The predicted molar refractivity (Wildman–Crippen MR) is 121 cm³/mol. The van der Waals surface area contributed by atoms with E-state index in [2.05, 4.69) is 22.6 Å². The zero-order chi connectivity index (χ0) is 21.8. The van der Waals surface area contributed by atoms with E-state index in [1.54, 1.807) is 12.1 Å². The Balaban J connectivity index is 1.26. The maximum absolute atomic E-state index is 14.5. The number of likely N-dealkylation sites (tertiary alicyclic amines) is 1. The minimum absolute atomic E-state index is 0.0870. The second-order valence-corrected chi connectivity index (χ2v) is 8.47. The molecule has 164 valence electrons. The third kappa shape index (κ3) is 5.51. The van der Waals surface area contributed by atoms with Gasteiger partial charge in [0.1, 0.15) is 5.75 Å². The Bertz CT molecular complexity index is 938. The fourth-order valence-corrected chi connectivity index (χ4v) is 4.03. The molecule has 0 radical (unpaired) electrons. The van der Waals surface area contributed by atoms with Crippen LogP contribution in [0.5, 0.6) is 11.5 Å². The maximum Gasteiger partial charge on any atom is 0.267 e. The number of ether oxygens (including phenoxy) is 2. The number of carbonyl (C=O) groups excluding carboxylic acids is 1. The average Bonchev–Trinajstić information content (AvgIpc) is 3.19. The average molecular weight is 444 g/mol. The Kier molecular flexibility index (Phi) is 6.67. The third-order valence-corrected chi connectivity index (χ3v) is 5.88. The number of benzene rings is 2. The number of piperidine rings is 1. The number of hydrogen-bond donors (Lipinski definition) is 2. The van der Waals surface area contributed by atoms with Gasteiger partial charge in [-0.3, -0.25) is 10.1 Å². The molecule has 1 fully saturated rings. The van der Waals surface area contributed by atoms with Gasteiger partial charge in [0.2, 0.25) is 0 Å². The first-order valence-corrected chi connectivity index (χ1v) is 10.9. The summed E-state index contributed by atoms with van der Waals surface area (Å²) >= 11 is 5.20. The van der Waals surface area contributed by atoms with Crippen molar-refractivity contribution in [3.8, 4) is 11.5 Å². The van der Waals surface area contributed by atoms with Gasteiger partial charge >= 0.3 is 0 Å². The molecule has 1 unspecified atom stereocenters. The van der Waals surface area contributed by atoms with Crippen molar-refractivity contribution in [2.45, 2.75) is 25.4 Å². The largest absolute Gasteiger partial charge is 0.490 e. The minimum Gasteiger partial charge on any atom is -0.490 e. The molecule has 1 saturated heterocycles. The quantitative estimate of drug-likeness (QED) is 0.691. The molecule has 2 aromatic carbocycles. The molecule has 2 N–H and O–H groups in total. The Morgan fingerprint density at radius 2 is 2.03 bits per heavy atom. The molecule has 2 aliphatic heterocycles. The summed E-state index contributed by atoms with van der Waals surface area (Å²) in [5.74, 6) is 0.560. The number of carbonyl (C=O) groups is 1. The highest BCUT2D eigenvalue weighted by Gasteiger charge is 2.29. The van der Waals surface area contributed by atoms with E-state index in [4.69, 9.17) is 21.7 Å². The Morgan fingerprint density at radius 1 is 1.26 bits per heavy atom. The lowest BCUT2D eigenvalue weighted by molar-refractivity contribution is -0.125. The smallest absolute Gasteiger partial charge is 0.267 e. The Morgan fingerprint density at radius 3 is 2.77 bits per heavy atom. The zero-order valence-corrected chi connectivity index (χ0v) is 18.2. The first kappa shape index (κ1) is 21.5. The summed E-state index contributed by atoms with van der Waals surface area (Å²) in [6.45, 7) is 2.59. The van der Waals surface area contributed by atoms with Crippen LogP contribution in [0.3, 0.4) is 0 Å². The minimum atomic E-state index is -0.635. The predicted octanol–water partition coefficient (Wildman–Crippen LogP) is 3.36. The normalized spacial score (nSPS) is 18.7. The van der Waals surface area contributed by atoms with Gasteiger partial charge in [0.25, 0.3) is 5.91 Å². The van der Waals surface area contributed by atoms with E-state index in [0.717, 1.165) is 31.5 Å². The number of halogens is 1. The van der Waals surface area contributed by atoms with Crippen LogP contribution in [0.4, 0.5) is 10.1 Å². The lowest BCUT2D eigenvalue weighted by atomic mass is 9.98. The van der Waals surface area contributed by atoms with E-state index in [1.165, 1.54) is 6.07 Å². The highest BCUT2D eigenvalue weighted by molar-refractivity contribution is 7.80. The molecule has 0 bridgehead atoms. The number of para-hydroxylation sites is 1. The zero-order valence-electron chi connectivity index (χ0n) is 17.4. The lowest BCUT2D eigenvalue weighted by Gasteiger charge is -2.28. The molecule has 1 atom stereocenters. The highest BCUT2D eigenvalue weighted by Crippen LogP contribution is 2.28. The number of rotatable bonds is 5. The number of amides is 1. The van der Waals surface area contributed by atoms with Crippen molar-refractivity contribution in [1.29, 1.82) is 0 Å². The number of anilines is 1. The van der Waals surface area contributed by atoms with Crippen LogP contribution in [-0.2, 0) is 11.2 Å². The van der Waals surface area contributed by atoms with Crippen LogP contribution in [0.25, 0.3) is 0 Å². The molecule has 2 aromatic rings. The van der Waals surface area contributed by atoms with Crippen LogP contribution in [0, 0.1) is 11.7 Å². The van der Waals surface area contributed by atoms with Gasteiger partial charge in [-0.05, 0) is 74.9 Å². The van der Waals surface area contributed by atoms with Crippen molar-refractivity contribution in [2.24, 2.45) is 5.92 Å². The van der Waals surface area contributed by atoms with E-state index < -0.39 is 11.9 Å². The summed E-state index contributed by atoms with van der Waals surface area (Å²) in [5, 5.41) is 5.54. The van der Waals surface area contributed by atoms with Crippen LogP contribution in [0.2, 0.25) is 0 Å². The van der Waals surface area contributed by atoms with Crippen molar-refractivity contribution < 1.29 is 18.7 Å². The van der Waals surface area contributed by atoms with Gasteiger partial charge in [0.15, 0.2) is 22.8 Å². The molecule has 0 spiro atoms. The molecule has 1 amide bonds. The van der Waals surface area contributed by atoms with Crippen LogP contribution < -0.4 is 20.1 Å². The van der Waals surface area contributed by atoms with Crippen LogP contribution >= 0.6 is 12.2 Å². The van der Waals surface area contributed by atoms with Crippen LogP contribution in [0.1, 0.15) is 18.4 Å². The summed E-state index contributed by atoms with van der Waals surface area (Å²) in [6, 6.07) is 12.1. The SMILES string of the molecule is CN1CCC(COc2ccc(NC(=S)NC(=O)C3Cc4ccccc4O3)cc2F)CC1. The molecule has 4 rings (SSSR count). The molecule has 0 aliphatic carbocycles. The van der Waals surface area contributed by atoms with Gasteiger partial charge in [-0.2, -0.15) is 0 Å². The maximum atomic E-state index is 14.5. The summed E-state index contributed by atoms with van der Waals surface area (Å²) in [5.41, 5.74) is 1.42. The molecule has 31 heavy (non-hydrogen) atoms. The number of thiocarbonyl (C=S) groups is 1. The molecule has 8 heteroatoms. The van der Waals surface area contributed by atoms with Crippen molar-refractivity contribution in [3.05, 3.63) is 53.8 Å². The summed E-state index contributed by atoms with van der Waals surface area (Å²) in [6.07, 6.45) is 1.97. The van der Waals surface area contributed by atoms with E-state index in [1.807, 2.05) is 24.3 Å². The van der Waals surface area contributed by atoms with E-state index in [-0.39, 0.29) is 16.8 Å². The summed E-state index contributed by atoms with van der Waals surface area (Å²) in [7, 11) is 2.11. The number of fused-ring (bicyclic) bond motifs is 1. The standard InChI is InChI=1S/C23H26FN3O3S/c1-27-10-8-15(9-11-27)14-29-20-7-6-17(13-18(20)24)25-23(31)26-22(28)21-12-16-4-2-3-5-19(16)30-21/h2-7,13,15,21H,8-12,14H2,1H3,(H2,25,26,28,31). The lowest BCUT2D eigenvalue weighted by Crippen LogP contribution is -2.42. The molecular formula is C23H26FN3O3S. The van der Waals surface area contributed by atoms with E-state index >= 15 is 0 Å². The highest BCUT2D eigenvalue weighted by atomic mass is 32.1. The molecule has 6 nitrogen and oxygen atoms in total. The second-order valence-electron chi connectivity index (χ2n) is 8.06. The first-order chi connectivity index (χ1) is 15.0. The van der Waals surface area contributed by atoms with E-state index in [0.29, 0.717) is 30.4 Å². The number of nitrogens with one attached hydrogen (secondary N) is 2.